The summed E-state index contributed by atoms with van der Waals surface area (Å²) < 4.78 is 7.98. The van der Waals surface area contributed by atoms with Crippen LogP contribution in [0.4, 0.5) is 11.5 Å². The molecule has 1 atom stereocenters. The molecule has 0 radical (unpaired) electrons. The lowest BCUT2D eigenvalue weighted by atomic mass is 9.85. The van der Waals surface area contributed by atoms with Crippen molar-refractivity contribution in [1.29, 1.82) is 5.26 Å². The molecule has 0 aliphatic carbocycles. The Hall–Kier alpha value is -5.12. The maximum Gasteiger partial charge on any atom is 0.165 e. The number of nitriles is 1. The van der Waals surface area contributed by atoms with E-state index in [1.54, 1.807) is 25.0 Å². The van der Waals surface area contributed by atoms with Gasteiger partial charge in [0.2, 0.25) is 0 Å². The Balaban J connectivity index is 1.31. The quantitative estimate of drug-likeness (QED) is 0.254. The number of hydrogen-bond acceptors (Lipinski definition) is 8. The molecule has 0 bridgehead atoms. The number of nitrogens with one attached hydrogen (secondary N) is 1. The van der Waals surface area contributed by atoms with Gasteiger partial charge in [-0.1, -0.05) is 24.0 Å². The van der Waals surface area contributed by atoms with Gasteiger partial charge in [-0.3, -0.25) is 9.55 Å². The number of hydrogen-bond donors (Lipinski definition) is 1. The minimum Gasteiger partial charge on any atom is -0.358 e. The van der Waals surface area contributed by atoms with E-state index in [4.69, 9.17) is 4.74 Å². The molecule has 1 aromatic carbocycles. The van der Waals surface area contributed by atoms with Gasteiger partial charge in [-0.25, -0.2) is 19.9 Å². The summed E-state index contributed by atoms with van der Waals surface area (Å²) in [5.74, 6) is 7.06. The number of fused-ring (bicyclic) bond motifs is 1. The monoisotopic (exact) mass is 554 g/mol. The van der Waals surface area contributed by atoms with Gasteiger partial charge >= 0.3 is 0 Å². The zero-order valence-electron chi connectivity index (χ0n) is 23.8. The third kappa shape index (κ3) is 5.43. The topological polar surface area (TPSA) is 114 Å². The van der Waals surface area contributed by atoms with E-state index < -0.39 is 5.41 Å². The molecule has 1 saturated heterocycles. The van der Waals surface area contributed by atoms with Gasteiger partial charge in [0.1, 0.15) is 29.6 Å². The fourth-order valence-corrected chi connectivity index (χ4v) is 4.95. The molecule has 4 aromatic heterocycles. The smallest absolute Gasteiger partial charge is 0.165 e. The van der Waals surface area contributed by atoms with Gasteiger partial charge in [0.25, 0.3) is 0 Å². The van der Waals surface area contributed by atoms with Crippen LogP contribution in [0.3, 0.4) is 0 Å². The van der Waals surface area contributed by atoms with E-state index in [-0.39, 0.29) is 6.23 Å². The van der Waals surface area contributed by atoms with E-state index in [1.165, 1.54) is 0 Å². The number of pyridine rings is 2. The average molecular weight is 555 g/mol. The Bertz CT molecular complexity index is 1870. The Morgan fingerprint density at radius 2 is 1.88 bits per heavy atom. The molecular weight excluding hydrogens is 524 g/mol. The minimum absolute atomic E-state index is 0.0733. The molecule has 0 amide bonds. The van der Waals surface area contributed by atoms with Crippen molar-refractivity contribution in [3.63, 3.8) is 0 Å². The number of aromatic nitrogens is 6. The van der Waals surface area contributed by atoms with Gasteiger partial charge in [0, 0.05) is 35.7 Å². The zero-order valence-corrected chi connectivity index (χ0v) is 23.8. The Labute approximate surface area is 244 Å². The highest BCUT2D eigenvalue weighted by Crippen LogP contribution is 2.33. The van der Waals surface area contributed by atoms with Gasteiger partial charge < -0.3 is 10.1 Å². The second-order valence-electron chi connectivity index (χ2n) is 10.8. The number of imidazole rings is 1. The number of nitrogens with zero attached hydrogens (tertiary/aromatic N) is 7. The van der Waals surface area contributed by atoms with Crippen molar-refractivity contribution in [2.75, 3.05) is 11.9 Å². The lowest BCUT2D eigenvalue weighted by molar-refractivity contribution is -0.0298. The van der Waals surface area contributed by atoms with Crippen molar-refractivity contribution >= 4 is 22.7 Å². The van der Waals surface area contributed by atoms with Gasteiger partial charge in [0.15, 0.2) is 5.65 Å². The van der Waals surface area contributed by atoms with Crippen molar-refractivity contribution in [2.45, 2.75) is 51.7 Å². The zero-order chi connectivity index (χ0) is 29.1. The van der Waals surface area contributed by atoms with Crippen LogP contribution in [0.15, 0.2) is 67.5 Å². The van der Waals surface area contributed by atoms with E-state index in [1.807, 2.05) is 67.8 Å². The number of aryl methyl sites for hydroxylation is 1. The van der Waals surface area contributed by atoms with E-state index in [2.05, 4.69) is 48.1 Å². The molecule has 1 aliphatic heterocycles. The molecule has 0 spiro atoms. The molecule has 208 valence electrons. The van der Waals surface area contributed by atoms with Crippen LogP contribution in [-0.2, 0) is 10.2 Å². The molecule has 0 saturated carbocycles. The highest BCUT2D eigenvalue weighted by Gasteiger charge is 2.22. The van der Waals surface area contributed by atoms with Crippen molar-refractivity contribution < 1.29 is 4.74 Å². The summed E-state index contributed by atoms with van der Waals surface area (Å²) in [5.41, 5.74) is 6.44. The molecule has 5 heterocycles. The number of anilines is 2. The molecule has 9 nitrogen and oxygen atoms in total. The molecule has 42 heavy (non-hydrogen) atoms. The summed E-state index contributed by atoms with van der Waals surface area (Å²) in [7, 11) is 0. The standard InChI is InChI=1S/C33H30N8O/c1-22-27(17-24(18-36-22)13-12-23-8-6-9-25(16-23)33(2,3)19-34)40-31-26(10-7-14-35-31)29-30-32(38-20-37-29)41(21-39-30)28-11-4-5-15-42-28/h6-10,14,16-18,20-21,28H,4-5,11,15H2,1-3H3,(H,35,40). The lowest BCUT2D eigenvalue weighted by Gasteiger charge is -2.23. The first-order chi connectivity index (χ1) is 20.4. The second-order valence-corrected chi connectivity index (χ2v) is 10.8. The summed E-state index contributed by atoms with van der Waals surface area (Å²) in [4.78, 5) is 23.0. The van der Waals surface area contributed by atoms with Crippen molar-refractivity contribution in [3.8, 4) is 29.2 Å². The number of ether oxygens (including phenoxy) is 1. The summed E-state index contributed by atoms with van der Waals surface area (Å²) >= 11 is 0. The molecular formula is C33H30N8O. The minimum atomic E-state index is -0.586. The maximum atomic E-state index is 9.50. The van der Waals surface area contributed by atoms with E-state index in [0.717, 1.165) is 65.2 Å². The maximum absolute atomic E-state index is 9.50. The van der Waals surface area contributed by atoms with E-state index in [0.29, 0.717) is 17.0 Å². The number of benzene rings is 1. The second kappa shape index (κ2) is 11.4. The first-order valence-corrected chi connectivity index (χ1v) is 13.9. The van der Waals surface area contributed by atoms with Crippen LogP contribution in [0.5, 0.6) is 0 Å². The Morgan fingerprint density at radius 3 is 2.71 bits per heavy atom. The first kappa shape index (κ1) is 27.1. The SMILES string of the molecule is Cc1ncc(C#Cc2cccc(C(C)(C)C#N)c2)cc1Nc1ncccc1-c1ncnc2c1ncn2C1CCCCO1. The summed E-state index contributed by atoms with van der Waals surface area (Å²) in [6.07, 6.45) is 9.88. The fourth-order valence-electron chi connectivity index (χ4n) is 4.95. The largest absolute Gasteiger partial charge is 0.358 e. The van der Waals surface area contributed by atoms with E-state index >= 15 is 0 Å². The van der Waals surface area contributed by atoms with Gasteiger partial charge in [0.05, 0.1) is 29.2 Å². The average Bonchev–Trinajstić information content (AvgIpc) is 3.47. The van der Waals surface area contributed by atoms with Crippen LogP contribution < -0.4 is 5.32 Å². The summed E-state index contributed by atoms with van der Waals surface area (Å²) in [5, 5.41) is 13.0. The third-order valence-corrected chi connectivity index (χ3v) is 7.44. The van der Waals surface area contributed by atoms with Crippen LogP contribution in [0.25, 0.3) is 22.4 Å². The van der Waals surface area contributed by atoms with E-state index in [9.17, 15) is 5.26 Å². The number of rotatable bonds is 5. The Morgan fingerprint density at radius 1 is 1.00 bits per heavy atom. The van der Waals surface area contributed by atoms with Crippen molar-refractivity contribution in [1.82, 2.24) is 29.5 Å². The lowest BCUT2D eigenvalue weighted by Crippen LogP contribution is -2.17. The first-order valence-electron chi connectivity index (χ1n) is 13.9. The van der Waals surface area contributed by atoms with Gasteiger partial charge in [-0.2, -0.15) is 5.26 Å². The van der Waals surface area contributed by atoms with Crippen LogP contribution in [0.1, 0.15) is 61.7 Å². The van der Waals surface area contributed by atoms with Crippen LogP contribution in [0, 0.1) is 30.1 Å². The highest BCUT2D eigenvalue weighted by atomic mass is 16.5. The normalized spacial score (nSPS) is 15.0. The predicted molar refractivity (Wildman–Crippen MR) is 161 cm³/mol. The Kier molecular flexibility index (Phi) is 7.35. The summed E-state index contributed by atoms with van der Waals surface area (Å²) in [6.45, 7) is 6.47. The van der Waals surface area contributed by atoms with Crippen LogP contribution in [-0.4, -0.2) is 36.1 Å². The van der Waals surface area contributed by atoms with Gasteiger partial charge in [-0.15, -0.1) is 0 Å². The molecule has 1 fully saturated rings. The highest BCUT2D eigenvalue weighted by molar-refractivity contribution is 5.91. The molecule has 9 heteroatoms. The molecule has 1 unspecified atom stereocenters. The molecule has 5 aromatic rings. The van der Waals surface area contributed by atoms with Crippen molar-refractivity contribution in [2.24, 2.45) is 0 Å². The van der Waals surface area contributed by atoms with Crippen molar-refractivity contribution in [3.05, 3.63) is 89.9 Å². The van der Waals surface area contributed by atoms with Gasteiger partial charge in [-0.05, 0) is 75.9 Å². The third-order valence-electron chi connectivity index (χ3n) is 7.44. The predicted octanol–water partition coefficient (Wildman–Crippen LogP) is 6.24. The molecule has 1 aliphatic rings. The summed E-state index contributed by atoms with van der Waals surface area (Å²) in [6, 6.07) is 15.9. The molecule has 1 N–H and O–H groups in total. The molecule has 6 rings (SSSR count). The van der Waals surface area contributed by atoms with Crippen LogP contribution >= 0.6 is 0 Å². The van der Waals surface area contributed by atoms with Crippen LogP contribution in [0.2, 0.25) is 0 Å². The fraction of sp³-hybridized carbons (Fsp3) is 0.273.